The summed E-state index contributed by atoms with van der Waals surface area (Å²) >= 11 is 12.6. The predicted molar refractivity (Wildman–Crippen MR) is 154 cm³/mol. The van der Waals surface area contributed by atoms with E-state index in [-0.39, 0.29) is 12.2 Å². The maximum absolute atomic E-state index is 8.12. The number of carbonyl (C=O) groups excluding carboxylic acids is 2. The summed E-state index contributed by atoms with van der Waals surface area (Å²) < 4.78 is 2.08. The topological polar surface area (TPSA) is 83.4 Å². The zero-order chi connectivity index (χ0) is 27.7. The van der Waals surface area contributed by atoms with Crippen molar-refractivity contribution in [1.82, 2.24) is 19.4 Å². The van der Waals surface area contributed by atoms with Crippen LogP contribution in [0.4, 0.5) is 11.8 Å². The van der Waals surface area contributed by atoms with Crippen molar-refractivity contribution in [2.75, 3.05) is 36.4 Å². The fourth-order valence-corrected chi connectivity index (χ4v) is 7.02. The molecule has 4 heterocycles. The fourth-order valence-electron chi connectivity index (χ4n) is 6.45. The zero-order valence-corrected chi connectivity index (χ0v) is 24.3. The minimum atomic E-state index is -0.0257. The van der Waals surface area contributed by atoms with Gasteiger partial charge in [-0.15, -0.1) is 0 Å². The van der Waals surface area contributed by atoms with E-state index in [0.717, 1.165) is 65.2 Å². The lowest BCUT2D eigenvalue weighted by molar-refractivity contribution is -0.191. The van der Waals surface area contributed by atoms with Gasteiger partial charge in [0.2, 0.25) is 5.95 Å². The first-order valence-electron chi connectivity index (χ1n) is 13.8. The zero-order valence-electron chi connectivity index (χ0n) is 22.7. The minimum Gasteiger partial charge on any atom is -0.362 e. The number of hydrogen-bond acceptors (Lipinski definition) is 7. The summed E-state index contributed by atoms with van der Waals surface area (Å²) in [5.41, 5.74) is 2.96. The van der Waals surface area contributed by atoms with Crippen molar-refractivity contribution in [3.8, 4) is 0 Å². The standard InChI is InChI=1S/C28H36Cl2N6.CO2/c1-17-11-22(12-17)35-9-4-5-19(14-35)20-15-36(16-20)28-32-25-8-10-34(3)26(25)27(33-28)31-18(2)23-7-6-21(29)13-24(23)30;2-1-3/h6-8,10,13,17-20,22H,4-5,9,11-12,14-16H2,1-3H3,(H,31,32,33);/t17?,18-,19+,22?;/m1./s1. The fraction of sp³-hybridized carbons (Fsp3) is 0.552. The van der Waals surface area contributed by atoms with E-state index in [1.807, 2.05) is 25.4 Å². The second-order valence-corrected chi connectivity index (χ2v) is 12.3. The number of piperidine rings is 1. The van der Waals surface area contributed by atoms with E-state index in [0.29, 0.717) is 10.0 Å². The van der Waals surface area contributed by atoms with Gasteiger partial charge in [0.05, 0.1) is 11.6 Å². The van der Waals surface area contributed by atoms with E-state index < -0.39 is 0 Å². The molecule has 0 radical (unpaired) electrons. The first kappa shape index (κ1) is 27.9. The molecule has 3 fully saturated rings. The number of fused-ring (bicyclic) bond motifs is 1. The van der Waals surface area contributed by atoms with Crippen molar-refractivity contribution >= 4 is 52.2 Å². The highest BCUT2D eigenvalue weighted by Gasteiger charge is 2.40. The van der Waals surface area contributed by atoms with Crippen molar-refractivity contribution in [3.05, 3.63) is 46.1 Å². The predicted octanol–water partition coefficient (Wildman–Crippen LogP) is 5.81. The minimum absolute atomic E-state index is 0.0257. The second-order valence-electron chi connectivity index (χ2n) is 11.4. The van der Waals surface area contributed by atoms with E-state index in [1.165, 1.54) is 38.8 Å². The van der Waals surface area contributed by atoms with E-state index in [9.17, 15) is 0 Å². The summed E-state index contributed by atoms with van der Waals surface area (Å²) in [5, 5.41) is 4.90. The molecule has 8 nitrogen and oxygen atoms in total. The van der Waals surface area contributed by atoms with Crippen LogP contribution in [0.3, 0.4) is 0 Å². The Morgan fingerprint density at radius 1 is 1.08 bits per heavy atom. The van der Waals surface area contributed by atoms with Crippen molar-refractivity contribution in [3.63, 3.8) is 0 Å². The number of anilines is 2. The molecule has 0 bridgehead atoms. The Labute approximate surface area is 239 Å². The largest absolute Gasteiger partial charge is 0.373 e. The number of benzene rings is 1. The number of aromatic nitrogens is 3. The molecule has 39 heavy (non-hydrogen) atoms. The highest BCUT2D eigenvalue weighted by molar-refractivity contribution is 6.35. The van der Waals surface area contributed by atoms with Gasteiger partial charge in [-0.25, -0.2) is 4.98 Å². The molecule has 2 aliphatic heterocycles. The van der Waals surface area contributed by atoms with Crippen LogP contribution in [0.2, 0.25) is 10.0 Å². The van der Waals surface area contributed by atoms with Crippen molar-refractivity contribution in [2.45, 2.75) is 51.6 Å². The van der Waals surface area contributed by atoms with Crippen LogP contribution >= 0.6 is 23.2 Å². The number of hydrogen-bond donors (Lipinski definition) is 1. The van der Waals surface area contributed by atoms with Crippen molar-refractivity contribution < 1.29 is 9.59 Å². The van der Waals surface area contributed by atoms with Crippen LogP contribution in [-0.4, -0.2) is 57.8 Å². The van der Waals surface area contributed by atoms with E-state index in [2.05, 4.69) is 39.6 Å². The van der Waals surface area contributed by atoms with E-state index in [4.69, 9.17) is 42.8 Å². The Morgan fingerprint density at radius 2 is 1.82 bits per heavy atom. The first-order chi connectivity index (χ1) is 18.8. The van der Waals surface area contributed by atoms with Gasteiger partial charge in [-0.3, -0.25) is 0 Å². The molecule has 3 aliphatic rings. The third-order valence-electron chi connectivity index (χ3n) is 8.70. The number of rotatable bonds is 6. The Morgan fingerprint density at radius 3 is 2.51 bits per heavy atom. The molecule has 1 N–H and O–H groups in total. The monoisotopic (exact) mass is 570 g/mol. The van der Waals surface area contributed by atoms with Gasteiger partial charge in [0.1, 0.15) is 5.52 Å². The average molecular weight is 572 g/mol. The van der Waals surface area contributed by atoms with E-state index >= 15 is 0 Å². The lowest BCUT2D eigenvalue weighted by Crippen LogP contribution is -2.56. The van der Waals surface area contributed by atoms with Gasteiger partial charge in [-0.2, -0.15) is 14.6 Å². The van der Waals surface area contributed by atoms with Gasteiger partial charge in [0, 0.05) is 49.0 Å². The lowest BCUT2D eigenvalue weighted by atomic mass is 9.76. The molecule has 2 aromatic heterocycles. The first-order valence-corrected chi connectivity index (χ1v) is 14.6. The summed E-state index contributed by atoms with van der Waals surface area (Å²) in [6, 6.07) is 8.53. The molecule has 208 valence electrons. The van der Waals surface area contributed by atoms with Gasteiger partial charge in [0.25, 0.3) is 0 Å². The molecule has 6 rings (SSSR count). The summed E-state index contributed by atoms with van der Waals surface area (Å²) in [6.45, 7) is 9.16. The van der Waals surface area contributed by atoms with Crippen LogP contribution in [0.15, 0.2) is 30.5 Å². The van der Waals surface area contributed by atoms with Gasteiger partial charge in [-0.05, 0) is 80.7 Å². The smallest absolute Gasteiger partial charge is 0.362 e. The Bertz CT molecular complexity index is 1350. The van der Waals surface area contributed by atoms with Crippen molar-refractivity contribution in [2.24, 2.45) is 24.8 Å². The van der Waals surface area contributed by atoms with Gasteiger partial charge >= 0.3 is 6.15 Å². The van der Waals surface area contributed by atoms with Crippen LogP contribution in [0, 0.1) is 17.8 Å². The van der Waals surface area contributed by atoms with Gasteiger partial charge in [0.15, 0.2) is 5.82 Å². The molecule has 3 aromatic rings. The third-order valence-corrected chi connectivity index (χ3v) is 9.27. The Hall–Kier alpha value is -2.64. The number of nitrogens with zero attached hydrogens (tertiary/aromatic N) is 5. The van der Waals surface area contributed by atoms with Crippen LogP contribution in [-0.2, 0) is 16.6 Å². The molecule has 0 unspecified atom stereocenters. The molecule has 1 saturated carbocycles. The molecule has 2 saturated heterocycles. The second kappa shape index (κ2) is 11.8. The van der Waals surface area contributed by atoms with Crippen LogP contribution in [0.25, 0.3) is 11.0 Å². The van der Waals surface area contributed by atoms with Crippen LogP contribution < -0.4 is 10.2 Å². The number of nitrogens with one attached hydrogen (secondary N) is 1. The molecular formula is C29H36Cl2N6O2. The SMILES string of the molecule is CC1CC(N2CCC[C@H](C3CN(c4nc(N[C@H](C)c5ccc(Cl)cc5Cl)c5c(ccn5C)n4)C3)C2)C1.O=C=O. The number of likely N-dealkylation sites (tertiary alicyclic amines) is 1. The van der Waals surface area contributed by atoms with E-state index in [1.54, 1.807) is 6.07 Å². The van der Waals surface area contributed by atoms with Gasteiger partial charge in [-0.1, -0.05) is 36.2 Å². The van der Waals surface area contributed by atoms with Crippen molar-refractivity contribution in [1.29, 1.82) is 0 Å². The van der Waals surface area contributed by atoms with Crippen LogP contribution in [0.1, 0.15) is 51.1 Å². The highest BCUT2D eigenvalue weighted by atomic mass is 35.5. The van der Waals surface area contributed by atoms with Crippen LogP contribution in [0.5, 0.6) is 0 Å². The maximum Gasteiger partial charge on any atom is 0.373 e. The highest BCUT2D eigenvalue weighted by Crippen LogP contribution is 2.38. The van der Waals surface area contributed by atoms with Gasteiger partial charge < -0.3 is 19.7 Å². The number of halogens is 2. The third kappa shape index (κ3) is 5.94. The summed E-state index contributed by atoms with van der Waals surface area (Å²) in [6.07, 6.45) is 7.79. The Kier molecular flexibility index (Phi) is 8.48. The molecule has 1 aromatic carbocycles. The molecule has 0 amide bonds. The molecule has 2 atom stereocenters. The lowest BCUT2D eigenvalue weighted by Gasteiger charge is -2.50. The maximum atomic E-state index is 8.12. The quantitative estimate of drug-likeness (QED) is 0.400. The number of aryl methyl sites for hydroxylation is 1. The summed E-state index contributed by atoms with van der Waals surface area (Å²) in [5.74, 6) is 4.12. The normalized spacial score (nSPS) is 24.2. The molecule has 0 spiro atoms. The molecule has 10 heteroatoms. The summed E-state index contributed by atoms with van der Waals surface area (Å²) in [7, 11) is 2.04. The Balaban J connectivity index is 0.000000983. The molecular weight excluding hydrogens is 535 g/mol. The molecule has 1 aliphatic carbocycles. The summed E-state index contributed by atoms with van der Waals surface area (Å²) in [4.78, 5) is 31.4. The average Bonchev–Trinajstić information content (AvgIpc) is 3.22.